The van der Waals surface area contributed by atoms with Gasteiger partial charge in [-0.05, 0) is 24.2 Å². The van der Waals surface area contributed by atoms with Gasteiger partial charge in [-0.2, -0.15) is 0 Å². The zero-order valence-electron chi connectivity index (χ0n) is 9.54. The van der Waals surface area contributed by atoms with Crippen LogP contribution < -0.4 is 0 Å². The van der Waals surface area contributed by atoms with Gasteiger partial charge in [0.1, 0.15) is 0 Å². The Kier molecular flexibility index (Phi) is 3.01. The molecule has 2 fully saturated rings. The smallest absolute Gasteiger partial charge is 0.303 e. The van der Waals surface area contributed by atoms with Gasteiger partial charge in [-0.3, -0.25) is 4.79 Å². The first-order valence-corrected chi connectivity index (χ1v) is 6.04. The van der Waals surface area contributed by atoms with Gasteiger partial charge in [-0.1, -0.05) is 19.8 Å². The van der Waals surface area contributed by atoms with Crippen LogP contribution in [0.4, 0.5) is 0 Å². The van der Waals surface area contributed by atoms with Crippen molar-refractivity contribution in [2.24, 2.45) is 11.3 Å². The molecule has 1 unspecified atom stereocenters. The van der Waals surface area contributed by atoms with E-state index in [0.29, 0.717) is 17.8 Å². The Morgan fingerprint density at radius 2 is 2.00 bits per heavy atom. The Morgan fingerprint density at radius 1 is 1.40 bits per heavy atom. The molecule has 3 nitrogen and oxygen atoms in total. The number of hydrogen-bond acceptors (Lipinski definition) is 2. The van der Waals surface area contributed by atoms with Crippen LogP contribution in [0.2, 0.25) is 0 Å². The lowest BCUT2D eigenvalue weighted by Gasteiger charge is -2.49. The molecule has 0 amide bonds. The average Bonchev–Trinajstić information content (AvgIpc) is 2.50. The van der Waals surface area contributed by atoms with Crippen molar-refractivity contribution in [3.05, 3.63) is 0 Å². The molecule has 2 aliphatic rings. The van der Waals surface area contributed by atoms with Gasteiger partial charge in [-0.15, -0.1) is 0 Å². The minimum atomic E-state index is -0.668. The molecule has 2 rings (SSSR count). The number of carbonyl (C=O) groups is 1. The van der Waals surface area contributed by atoms with Gasteiger partial charge in [-0.25, -0.2) is 0 Å². The maximum atomic E-state index is 10.5. The summed E-state index contributed by atoms with van der Waals surface area (Å²) in [5, 5.41) is 8.67. The highest BCUT2D eigenvalue weighted by Crippen LogP contribution is 2.45. The quantitative estimate of drug-likeness (QED) is 0.773. The highest BCUT2D eigenvalue weighted by Gasteiger charge is 2.44. The van der Waals surface area contributed by atoms with Gasteiger partial charge in [0.25, 0.3) is 0 Å². The van der Waals surface area contributed by atoms with Crippen molar-refractivity contribution in [1.82, 2.24) is 4.90 Å². The third-order valence-electron chi connectivity index (χ3n) is 3.88. The van der Waals surface area contributed by atoms with Crippen LogP contribution in [0.15, 0.2) is 0 Å². The van der Waals surface area contributed by atoms with Crippen LogP contribution in [0.5, 0.6) is 0 Å². The molecule has 0 bridgehead atoms. The third kappa shape index (κ3) is 2.51. The summed E-state index contributed by atoms with van der Waals surface area (Å²) in [4.78, 5) is 13.0. The maximum absolute atomic E-state index is 10.5. The van der Waals surface area contributed by atoms with E-state index in [1.165, 1.54) is 38.8 Å². The molecule has 1 spiro atoms. The predicted octanol–water partition coefficient (Wildman–Crippen LogP) is 1.97. The molecular formula is C12H21NO2. The minimum absolute atomic E-state index is 0.293. The number of likely N-dealkylation sites (tertiary alicyclic amines) is 1. The molecule has 15 heavy (non-hydrogen) atoms. The summed E-state index contributed by atoms with van der Waals surface area (Å²) in [5.41, 5.74) is 0.642. The standard InChI is InChI=1S/C12H21NO2/c1-10(6-11(14)15)7-13-8-12(9-13)4-2-3-5-12/h10H,2-9H2,1H3,(H,14,15). The summed E-state index contributed by atoms with van der Waals surface area (Å²) in [6, 6.07) is 0. The molecular weight excluding hydrogens is 190 g/mol. The second kappa shape index (κ2) is 4.12. The summed E-state index contributed by atoms with van der Waals surface area (Å²) < 4.78 is 0. The van der Waals surface area contributed by atoms with Crippen LogP contribution in [-0.4, -0.2) is 35.6 Å². The van der Waals surface area contributed by atoms with E-state index < -0.39 is 5.97 Å². The lowest BCUT2D eigenvalue weighted by atomic mass is 9.78. The molecule has 1 N–H and O–H groups in total. The van der Waals surface area contributed by atoms with Crippen molar-refractivity contribution < 1.29 is 9.90 Å². The summed E-state index contributed by atoms with van der Waals surface area (Å²) in [7, 11) is 0. The number of aliphatic carboxylic acids is 1. The molecule has 1 atom stereocenters. The topological polar surface area (TPSA) is 40.5 Å². The molecule has 1 aliphatic carbocycles. The fraction of sp³-hybridized carbons (Fsp3) is 0.917. The minimum Gasteiger partial charge on any atom is -0.481 e. The van der Waals surface area contributed by atoms with Gasteiger partial charge < -0.3 is 10.0 Å². The van der Waals surface area contributed by atoms with Crippen molar-refractivity contribution in [3.8, 4) is 0 Å². The Labute approximate surface area is 91.5 Å². The Bertz CT molecular complexity index is 238. The number of carboxylic acid groups (broad SMARTS) is 1. The highest BCUT2D eigenvalue weighted by molar-refractivity contribution is 5.66. The molecule has 0 aromatic carbocycles. The van der Waals surface area contributed by atoms with Crippen molar-refractivity contribution >= 4 is 5.97 Å². The van der Waals surface area contributed by atoms with Gasteiger partial charge in [0.05, 0.1) is 0 Å². The van der Waals surface area contributed by atoms with E-state index in [1.807, 2.05) is 6.92 Å². The van der Waals surface area contributed by atoms with Gasteiger partial charge in [0.2, 0.25) is 0 Å². The molecule has 1 aliphatic heterocycles. The summed E-state index contributed by atoms with van der Waals surface area (Å²) >= 11 is 0. The maximum Gasteiger partial charge on any atom is 0.303 e. The molecule has 1 heterocycles. The van der Waals surface area contributed by atoms with E-state index in [9.17, 15) is 4.79 Å². The second-order valence-corrected chi connectivity index (χ2v) is 5.58. The molecule has 1 saturated carbocycles. The Hall–Kier alpha value is -0.570. The van der Waals surface area contributed by atoms with Gasteiger partial charge in [0, 0.05) is 26.1 Å². The molecule has 0 aromatic rings. The zero-order chi connectivity index (χ0) is 10.9. The summed E-state index contributed by atoms with van der Waals surface area (Å²) in [6.45, 7) is 5.44. The van der Waals surface area contributed by atoms with Crippen molar-refractivity contribution in [1.29, 1.82) is 0 Å². The average molecular weight is 211 g/mol. The fourth-order valence-corrected chi connectivity index (χ4v) is 3.28. The van der Waals surface area contributed by atoms with E-state index in [0.717, 1.165) is 6.54 Å². The van der Waals surface area contributed by atoms with E-state index >= 15 is 0 Å². The molecule has 86 valence electrons. The van der Waals surface area contributed by atoms with Crippen molar-refractivity contribution in [3.63, 3.8) is 0 Å². The second-order valence-electron chi connectivity index (χ2n) is 5.58. The van der Waals surface area contributed by atoms with Crippen LogP contribution in [0, 0.1) is 11.3 Å². The first-order chi connectivity index (χ1) is 7.10. The van der Waals surface area contributed by atoms with Crippen LogP contribution >= 0.6 is 0 Å². The van der Waals surface area contributed by atoms with E-state index in [4.69, 9.17) is 5.11 Å². The molecule has 0 aromatic heterocycles. The monoisotopic (exact) mass is 211 g/mol. The largest absolute Gasteiger partial charge is 0.481 e. The van der Waals surface area contributed by atoms with Crippen LogP contribution in [-0.2, 0) is 4.79 Å². The normalized spacial score (nSPS) is 26.5. The Balaban J connectivity index is 1.68. The van der Waals surface area contributed by atoms with Gasteiger partial charge >= 0.3 is 5.97 Å². The van der Waals surface area contributed by atoms with E-state index in [1.54, 1.807) is 0 Å². The van der Waals surface area contributed by atoms with Crippen LogP contribution in [0.1, 0.15) is 39.0 Å². The molecule has 1 saturated heterocycles. The first kappa shape index (κ1) is 10.9. The predicted molar refractivity (Wildman–Crippen MR) is 58.8 cm³/mol. The fourth-order valence-electron chi connectivity index (χ4n) is 3.28. The number of nitrogens with zero attached hydrogens (tertiary/aromatic N) is 1. The third-order valence-corrected chi connectivity index (χ3v) is 3.88. The number of rotatable bonds is 4. The van der Waals surface area contributed by atoms with Crippen LogP contribution in [0.3, 0.4) is 0 Å². The number of carboxylic acids is 1. The lowest BCUT2D eigenvalue weighted by molar-refractivity contribution is -0.138. The summed E-state index contributed by atoms with van der Waals surface area (Å²) in [5.74, 6) is -0.375. The van der Waals surface area contributed by atoms with Crippen molar-refractivity contribution in [2.45, 2.75) is 39.0 Å². The van der Waals surface area contributed by atoms with Crippen molar-refractivity contribution in [2.75, 3.05) is 19.6 Å². The van der Waals surface area contributed by atoms with Crippen LogP contribution in [0.25, 0.3) is 0 Å². The van der Waals surface area contributed by atoms with E-state index in [2.05, 4.69) is 4.90 Å². The SMILES string of the molecule is CC(CC(=O)O)CN1CC2(CCCC2)C1. The number of hydrogen-bond donors (Lipinski definition) is 1. The summed E-state index contributed by atoms with van der Waals surface area (Å²) in [6.07, 6.45) is 5.91. The molecule has 0 radical (unpaired) electrons. The Morgan fingerprint density at radius 3 is 2.53 bits per heavy atom. The van der Waals surface area contributed by atoms with E-state index in [-0.39, 0.29) is 0 Å². The molecule has 3 heteroatoms. The first-order valence-electron chi connectivity index (χ1n) is 6.04. The van der Waals surface area contributed by atoms with Gasteiger partial charge in [0.15, 0.2) is 0 Å². The zero-order valence-corrected chi connectivity index (χ0v) is 9.54. The lowest BCUT2D eigenvalue weighted by Crippen LogP contribution is -2.55. The highest BCUT2D eigenvalue weighted by atomic mass is 16.4.